The van der Waals surface area contributed by atoms with Gasteiger partial charge in [0.2, 0.25) is 0 Å². The number of Topliss-reactive ketones (excluding diaryl/α,β-unsaturated/α-hetero) is 1. The third-order valence-electron chi connectivity index (χ3n) is 9.12. The van der Waals surface area contributed by atoms with Crippen LogP contribution in [0.25, 0.3) is 0 Å². The van der Waals surface area contributed by atoms with Gasteiger partial charge in [-0.1, -0.05) is 12.1 Å². The minimum Gasteiger partial charge on any atom is -0.497 e. The van der Waals surface area contributed by atoms with Crippen molar-refractivity contribution in [1.82, 2.24) is 19.7 Å². The number of aromatic nitrogens is 1. The number of alkyl halides is 3. The zero-order chi connectivity index (χ0) is 35.0. The Balaban J connectivity index is 1.13. The summed E-state index contributed by atoms with van der Waals surface area (Å²) in [5.41, 5.74) is 2.11. The van der Waals surface area contributed by atoms with Crippen molar-refractivity contribution in [1.29, 1.82) is 0 Å². The number of halogens is 3. The first kappa shape index (κ1) is 35.8. The molecule has 2 saturated heterocycles. The van der Waals surface area contributed by atoms with Gasteiger partial charge in [0.1, 0.15) is 17.2 Å². The van der Waals surface area contributed by atoms with Crippen molar-refractivity contribution in [3.05, 3.63) is 89.2 Å². The van der Waals surface area contributed by atoms with Crippen molar-refractivity contribution >= 4 is 17.6 Å². The number of nitrogens with zero attached hydrogens (tertiary/aromatic N) is 4. The number of piperidine rings is 2. The SMILES string of the molecule is COCCN(C(=O)c1ccc(C(=O)N2CCC(C(=O)c3ccc(OC)cc3)CC2)nc1)C1CCN(Cc2ccc(OC(F)(F)F)cc2)CC1. The molecule has 2 aliphatic rings. The minimum atomic E-state index is -4.73. The van der Waals surface area contributed by atoms with Gasteiger partial charge in [-0.15, -0.1) is 13.2 Å². The fourth-order valence-corrected chi connectivity index (χ4v) is 6.39. The van der Waals surface area contributed by atoms with Gasteiger partial charge in [-0.05, 0) is 79.8 Å². The van der Waals surface area contributed by atoms with Gasteiger partial charge in [0.05, 0.1) is 19.3 Å². The molecule has 0 spiro atoms. The fraction of sp³-hybridized carbons (Fsp3) is 0.444. The van der Waals surface area contributed by atoms with Crippen LogP contribution in [0.4, 0.5) is 13.2 Å². The zero-order valence-corrected chi connectivity index (χ0v) is 27.7. The Bertz CT molecular complexity index is 1550. The van der Waals surface area contributed by atoms with Gasteiger partial charge >= 0.3 is 6.36 Å². The summed E-state index contributed by atoms with van der Waals surface area (Å²) in [7, 11) is 3.16. The maximum atomic E-state index is 13.7. The third-order valence-corrected chi connectivity index (χ3v) is 9.12. The van der Waals surface area contributed by atoms with Crippen molar-refractivity contribution in [2.75, 3.05) is 53.6 Å². The maximum absolute atomic E-state index is 13.7. The number of methoxy groups -OCH3 is 2. The van der Waals surface area contributed by atoms with E-state index in [1.807, 2.05) is 0 Å². The van der Waals surface area contributed by atoms with Crippen LogP contribution in [0.2, 0.25) is 0 Å². The Kier molecular flexibility index (Phi) is 11.9. The van der Waals surface area contributed by atoms with E-state index in [4.69, 9.17) is 9.47 Å². The molecule has 0 radical (unpaired) electrons. The van der Waals surface area contributed by atoms with Crippen LogP contribution >= 0.6 is 0 Å². The van der Waals surface area contributed by atoms with Crippen LogP contribution in [0.15, 0.2) is 66.9 Å². The standard InChI is InChI=1S/C36H41F3N4O6/c1-47-22-21-43(29-15-17-41(18-16-29)24-25-3-8-31(9-4-25)49-36(37,38)39)34(45)28-7-12-32(40-23-28)35(46)42-19-13-27(14-20-42)33(44)26-5-10-30(48-2)11-6-26/h3-12,23,27,29H,13-22,24H2,1-2H3. The highest BCUT2D eigenvalue weighted by molar-refractivity contribution is 5.99. The Morgan fingerprint density at radius 2 is 1.47 bits per heavy atom. The van der Waals surface area contributed by atoms with E-state index in [2.05, 4.69) is 14.6 Å². The molecule has 2 aromatic carbocycles. The van der Waals surface area contributed by atoms with E-state index in [0.29, 0.717) is 88.4 Å². The summed E-state index contributed by atoms with van der Waals surface area (Å²) in [6, 6.07) is 16.1. The number of likely N-dealkylation sites (tertiary alicyclic amines) is 2. The number of rotatable bonds is 12. The predicted octanol–water partition coefficient (Wildman–Crippen LogP) is 5.48. The molecule has 0 atom stereocenters. The lowest BCUT2D eigenvalue weighted by molar-refractivity contribution is -0.274. The lowest BCUT2D eigenvalue weighted by Crippen LogP contribution is -2.48. The summed E-state index contributed by atoms with van der Waals surface area (Å²) in [5.74, 6) is -0.100. The Labute approximate surface area is 283 Å². The summed E-state index contributed by atoms with van der Waals surface area (Å²) in [6.45, 7) is 3.61. The second-order valence-corrected chi connectivity index (χ2v) is 12.3. The van der Waals surface area contributed by atoms with Crippen molar-refractivity contribution in [3.63, 3.8) is 0 Å². The first-order valence-corrected chi connectivity index (χ1v) is 16.3. The molecule has 0 bridgehead atoms. The molecule has 0 N–H and O–H groups in total. The molecular formula is C36H41F3N4O6. The molecule has 3 aromatic rings. The molecule has 1 aromatic heterocycles. The number of hydrogen-bond donors (Lipinski definition) is 0. The fourth-order valence-electron chi connectivity index (χ4n) is 6.39. The van der Waals surface area contributed by atoms with E-state index in [0.717, 1.165) is 5.56 Å². The van der Waals surface area contributed by atoms with Crippen molar-refractivity contribution in [3.8, 4) is 11.5 Å². The number of ether oxygens (including phenoxy) is 3. The summed E-state index contributed by atoms with van der Waals surface area (Å²) in [5, 5.41) is 0. The molecule has 262 valence electrons. The smallest absolute Gasteiger partial charge is 0.497 e. The molecule has 10 nitrogen and oxygen atoms in total. The van der Waals surface area contributed by atoms with Crippen LogP contribution in [0.1, 0.15) is 62.5 Å². The predicted molar refractivity (Wildman–Crippen MR) is 175 cm³/mol. The molecule has 2 amide bonds. The lowest BCUT2D eigenvalue weighted by atomic mass is 9.88. The number of pyridine rings is 1. The first-order chi connectivity index (χ1) is 23.5. The molecule has 0 aliphatic carbocycles. The van der Waals surface area contributed by atoms with E-state index in [1.54, 1.807) is 72.6 Å². The van der Waals surface area contributed by atoms with Gasteiger partial charge in [-0.3, -0.25) is 24.3 Å². The molecular weight excluding hydrogens is 641 g/mol. The summed E-state index contributed by atoms with van der Waals surface area (Å²) < 4.78 is 51.8. The van der Waals surface area contributed by atoms with Crippen LogP contribution < -0.4 is 9.47 Å². The quantitative estimate of drug-likeness (QED) is 0.232. The van der Waals surface area contributed by atoms with Crippen molar-refractivity contribution in [2.45, 2.75) is 44.6 Å². The summed E-state index contributed by atoms with van der Waals surface area (Å²) >= 11 is 0. The number of benzene rings is 2. The third kappa shape index (κ3) is 9.57. The van der Waals surface area contributed by atoms with Crippen LogP contribution in [0.3, 0.4) is 0 Å². The number of ketones is 1. The number of carbonyl (C=O) groups is 3. The van der Waals surface area contributed by atoms with E-state index in [9.17, 15) is 27.6 Å². The van der Waals surface area contributed by atoms with E-state index in [-0.39, 0.29) is 41.0 Å². The Hall–Kier alpha value is -4.49. The Morgan fingerprint density at radius 3 is 2.04 bits per heavy atom. The topological polar surface area (TPSA) is 102 Å². The molecule has 49 heavy (non-hydrogen) atoms. The second kappa shape index (κ2) is 16.3. The highest BCUT2D eigenvalue weighted by Crippen LogP contribution is 2.26. The minimum absolute atomic E-state index is 0.0373. The highest BCUT2D eigenvalue weighted by atomic mass is 19.4. The van der Waals surface area contributed by atoms with Crippen molar-refractivity contribution < 1.29 is 41.8 Å². The summed E-state index contributed by atoms with van der Waals surface area (Å²) in [6.07, 6.45) is -0.743. The molecule has 3 heterocycles. The Morgan fingerprint density at radius 1 is 0.837 bits per heavy atom. The average molecular weight is 683 g/mol. The first-order valence-electron chi connectivity index (χ1n) is 16.3. The maximum Gasteiger partial charge on any atom is 0.573 e. The van der Waals surface area contributed by atoms with Gasteiger partial charge in [0.25, 0.3) is 11.8 Å². The van der Waals surface area contributed by atoms with Crippen LogP contribution in [0, 0.1) is 5.92 Å². The van der Waals surface area contributed by atoms with Gasteiger partial charge in [0, 0.05) is 70.1 Å². The van der Waals surface area contributed by atoms with Gasteiger partial charge in [-0.2, -0.15) is 0 Å². The summed E-state index contributed by atoms with van der Waals surface area (Å²) in [4.78, 5) is 50.0. The molecule has 0 unspecified atom stereocenters. The average Bonchev–Trinajstić information content (AvgIpc) is 3.12. The molecule has 2 fully saturated rings. The number of carbonyl (C=O) groups excluding carboxylic acids is 3. The van der Waals surface area contributed by atoms with E-state index in [1.165, 1.54) is 18.3 Å². The largest absolute Gasteiger partial charge is 0.573 e. The zero-order valence-electron chi connectivity index (χ0n) is 27.7. The second-order valence-electron chi connectivity index (χ2n) is 12.3. The van der Waals surface area contributed by atoms with Gasteiger partial charge in [-0.25, -0.2) is 0 Å². The van der Waals surface area contributed by atoms with E-state index >= 15 is 0 Å². The molecule has 13 heteroatoms. The number of amides is 2. The number of hydrogen-bond acceptors (Lipinski definition) is 8. The van der Waals surface area contributed by atoms with Gasteiger partial charge in [0.15, 0.2) is 5.78 Å². The lowest BCUT2D eigenvalue weighted by Gasteiger charge is -2.38. The van der Waals surface area contributed by atoms with E-state index < -0.39 is 6.36 Å². The highest BCUT2D eigenvalue weighted by Gasteiger charge is 2.32. The normalized spacial score (nSPS) is 16.3. The molecule has 5 rings (SSSR count). The van der Waals surface area contributed by atoms with Crippen LogP contribution in [0.5, 0.6) is 11.5 Å². The van der Waals surface area contributed by atoms with Crippen LogP contribution in [-0.4, -0.2) is 103 Å². The van der Waals surface area contributed by atoms with Gasteiger partial charge < -0.3 is 24.0 Å². The monoisotopic (exact) mass is 682 g/mol. The molecule has 2 aliphatic heterocycles. The van der Waals surface area contributed by atoms with Crippen LogP contribution in [-0.2, 0) is 11.3 Å². The van der Waals surface area contributed by atoms with Crippen molar-refractivity contribution in [2.24, 2.45) is 5.92 Å². The molecule has 0 saturated carbocycles.